The Bertz CT molecular complexity index is 722. The van der Waals surface area contributed by atoms with Gasteiger partial charge < -0.3 is 9.47 Å². The van der Waals surface area contributed by atoms with E-state index < -0.39 is 16.1 Å². The number of carbonyl (C=O) groups excluding carboxylic acids is 1. The molecule has 0 unspecified atom stereocenters. The summed E-state index contributed by atoms with van der Waals surface area (Å²) >= 11 is 0. The normalized spacial score (nSPS) is 24.2. The first-order valence-corrected chi connectivity index (χ1v) is 10.1. The zero-order chi connectivity index (χ0) is 18.1. The van der Waals surface area contributed by atoms with Crippen molar-refractivity contribution in [3.8, 4) is 0 Å². The van der Waals surface area contributed by atoms with Crippen LogP contribution in [0.3, 0.4) is 0 Å². The highest BCUT2D eigenvalue weighted by atomic mass is 32.2. The minimum absolute atomic E-state index is 0.186. The van der Waals surface area contributed by atoms with E-state index in [4.69, 9.17) is 9.47 Å². The molecule has 2 aliphatic rings. The fourth-order valence-electron chi connectivity index (χ4n) is 3.80. The number of rotatable bonds is 3. The van der Waals surface area contributed by atoms with E-state index >= 15 is 0 Å². The Balaban J connectivity index is 1.89. The summed E-state index contributed by atoms with van der Waals surface area (Å²) in [7, 11) is -3.62. The molecule has 1 spiro atoms. The minimum Gasteiger partial charge on any atom is -0.461 e. The van der Waals surface area contributed by atoms with Crippen molar-refractivity contribution < 1.29 is 22.7 Å². The average molecular weight is 367 g/mol. The van der Waals surface area contributed by atoms with E-state index in [1.807, 2.05) is 6.92 Å². The second-order valence-electron chi connectivity index (χ2n) is 7.16. The Morgan fingerprint density at radius 1 is 1.24 bits per heavy atom. The van der Waals surface area contributed by atoms with E-state index in [0.717, 1.165) is 18.4 Å². The van der Waals surface area contributed by atoms with Crippen LogP contribution in [0.15, 0.2) is 29.2 Å². The summed E-state index contributed by atoms with van der Waals surface area (Å²) in [6.07, 6.45) is 1.84. The molecule has 25 heavy (non-hydrogen) atoms. The molecule has 7 heteroatoms. The molecule has 1 aromatic rings. The Kier molecular flexibility index (Phi) is 5.18. The van der Waals surface area contributed by atoms with Gasteiger partial charge in [-0.3, -0.25) is 4.79 Å². The van der Waals surface area contributed by atoms with E-state index in [1.54, 1.807) is 24.3 Å². The predicted octanol–water partition coefficient (Wildman–Crippen LogP) is 2.12. The molecule has 1 atom stereocenters. The van der Waals surface area contributed by atoms with Crippen LogP contribution in [-0.2, 0) is 24.3 Å². The summed E-state index contributed by atoms with van der Waals surface area (Å²) in [6.45, 7) is 5.17. The number of nitrogens with zero attached hydrogens (tertiary/aromatic N) is 1. The summed E-state index contributed by atoms with van der Waals surface area (Å²) in [6, 6.07) is 6.86. The lowest BCUT2D eigenvalue weighted by molar-refractivity contribution is -0.152. The van der Waals surface area contributed by atoms with E-state index in [9.17, 15) is 13.2 Å². The number of sulfonamides is 1. The van der Waals surface area contributed by atoms with Crippen LogP contribution in [0.5, 0.6) is 0 Å². The van der Waals surface area contributed by atoms with Crippen LogP contribution in [0.2, 0.25) is 0 Å². The van der Waals surface area contributed by atoms with Crippen molar-refractivity contribution in [2.45, 2.75) is 44.1 Å². The van der Waals surface area contributed by atoms with E-state index in [0.29, 0.717) is 26.2 Å². The van der Waals surface area contributed by atoms with Crippen LogP contribution in [0.25, 0.3) is 0 Å². The molecule has 2 heterocycles. The number of esters is 1. The number of ether oxygens (including phenoxy) is 2. The summed E-state index contributed by atoms with van der Waals surface area (Å²) in [5, 5.41) is 0. The van der Waals surface area contributed by atoms with Gasteiger partial charge in [-0.05, 0) is 43.7 Å². The van der Waals surface area contributed by atoms with Gasteiger partial charge in [0.15, 0.2) is 0 Å². The van der Waals surface area contributed by atoms with Crippen molar-refractivity contribution in [2.75, 3.05) is 26.3 Å². The Hall–Kier alpha value is -1.44. The van der Waals surface area contributed by atoms with Gasteiger partial charge in [-0.25, -0.2) is 8.42 Å². The second-order valence-corrected chi connectivity index (χ2v) is 9.10. The predicted molar refractivity (Wildman–Crippen MR) is 92.6 cm³/mol. The maximum Gasteiger partial charge on any atom is 0.302 e. The molecule has 0 aliphatic carbocycles. The standard InChI is InChI=1S/C18H25NO5S/c1-14-3-5-17(6-4-14)25(21,22)19-12-16(24-15(2)20)11-18(13-19)7-9-23-10-8-18/h3-6,16H,7-13H2,1-2H3/t16-/m1/s1. The third-order valence-electron chi connectivity index (χ3n) is 5.12. The maximum absolute atomic E-state index is 13.1. The lowest BCUT2D eigenvalue weighted by Crippen LogP contribution is -2.54. The molecule has 0 bridgehead atoms. The molecule has 0 saturated carbocycles. The Morgan fingerprint density at radius 2 is 1.88 bits per heavy atom. The SMILES string of the molecule is CC(=O)O[C@H]1CN(S(=O)(=O)c2ccc(C)cc2)CC2(CCOCC2)C1. The van der Waals surface area contributed by atoms with Crippen LogP contribution < -0.4 is 0 Å². The molecule has 6 nitrogen and oxygen atoms in total. The van der Waals surface area contributed by atoms with Gasteiger partial charge in [0.25, 0.3) is 0 Å². The van der Waals surface area contributed by atoms with Crippen molar-refractivity contribution in [1.82, 2.24) is 4.31 Å². The molecule has 2 saturated heterocycles. The number of piperidine rings is 1. The van der Waals surface area contributed by atoms with Gasteiger partial charge in [-0.2, -0.15) is 4.31 Å². The molecule has 2 aliphatic heterocycles. The molecule has 0 radical (unpaired) electrons. The van der Waals surface area contributed by atoms with E-state index in [1.165, 1.54) is 11.2 Å². The third kappa shape index (κ3) is 4.04. The molecule has 2 fully saturated rings. The van der Waals surface area contributed by atoms with Gasteiger partial charge in [0.2, 0.25) is 10.0 Å². The van der Waals surface area contributed by atoms with Crippen molar-refractivity contribution in [3.63, 3.8) is 0 Å². The molecule has 138 valence electrons. The molecule has 3 rings (SSSR count). The van der Waals surface area contributed by atoms with Crippen LogP contribution in [0.1, 0.15) is 31.7 Å². The van der Waals surface area contributed by atoms with Crippen molar-refractivity contribution >= 4 is 16.0 Å². The highest BCUT2D eigenvalue weighted by Crippen LogP contribution is 2.41. The largest absolute Gasteiger partial charge is 0.461 e. The molecule has 1 aromatic carbocycles. The highest BCUT2D eigenvalue weighted by molar-refractivity contribution is 7.89. The van der Waals surface area contributed by atoms with E-state index in [-0.39, 0.29) is 22.8 Å². The van der Waals surface area contributed by atoms with Crippen LogP contribution in [-0.4, -0.2) is 51.1 Å². The number of hydrogen-bond acceptors (Lipinski definition) is 5. The first-order chi connectivity index (χ1) is 11.8. The fraction of sp³-hybridized carbons (Fsp3) is 0.611. The van der Waals surface area contributed by atoms with Crippen LogP contribution in [0.4, 0.5) is 0 Å². The van der Waals surface area contributed by atoms with Gasteiger partial charge in [0.1, 0.15) is 6.10 Å². The minimum atomic E-state index is -3.62. The molecule has 0 N–H and O–H groups in total. The number of aryl methyl sites for hydroxylation is 1. The van der Waals surface area contributed by atoms with Gasteiger partial charge in [-0.1, -0.05) is 17.7 Å². The monoisotopic (exact) mass is 367 g/mol. The van der Waals surface area contributed by atoms with E-state index in [2.05, 4.69) is 0 Å². The lowest BCUT2D eigenvalue weighted by Gasteiger charge is -2.46. The first kappa shape index (κ1) is 18.4. The highest BCUT2D eigenvalue weighted by Gasteiger charge is 2.45. The third-order valence-corrected chi connectivity index (χ3v) is 6.95. The van der Waals surface area contributed by atoms with Gasteiger partial charge in [0, 0.05) is 26.7 Å². The zero-order valence-corrected chi connectivity index (χ0v) is 15.5. The van der Waals surface area contributed by atoms with Crippen LogP contribution >= 0.6 is 0 Å². The number of benzene rings is 1. The Labute approximate surface area is 149 Å². The number of carbonyl (C=O) groups is 1. The van der Waals surface area contributed by atoms with Gasteiger partial charge in [-0.15, -0.1) is 0 Å². The quantitative estimate of drug-likeness (QED) is 0.765. The smallest absolute Gasteiger partial charge is 0.302 e. The summed E-state index contributed by atoms with van der Waals surface area (Å²) < 4.78 is 38.6. The lowest BCUT2D eigenvalue weighted by atomic mass is 9.73. The maximum atomic E-state index is 13.1. The summed E-state index contributed by atoms with van der Waals surface area (Å²) in [5.41, 5.74) is 0.824. The fourth-order valence-corrected chi connectivity index (χ4v) is 5.39. The van der Waals surface area contributed by atoms with Crippen molar-refractivity contribution in [1.29, 1.82) is 0 Å². The molecule has 0 amide bonds. The first-order valence-electron chi connectivity index (χ1n) is 8.63. The average Bonchev–Trinajstić information content (AvgIpc) is 2.55. The summed E-state index contributed by atoms with van der Waals surface area (Å²) in [4.78, 5) is 11.7. The van der Waals surface area contributed by atoms with Crippen molar-refractivity contribution in [3.05, 3.63) is 29.8 Å². The number of hydrogen-bond donors (Lipinski definition) is 0. The zero-order valence-electron chi connectivity index (χ0n) is 14.7. The molecular weight excluding hydrogens is 342 g/mol. The van der Waals surface area contributed by atoms with Gasteiger partial charge in [0.05, 0.1) is 11.4 Å². The van der Waals surface area contributed by atoms with Crippen LogP contribution in [0, 0.1) is 12.3 Å². The second kappa shape index (κ2) is 7.05. The Morgan fingerprint density at radius 3 is 2.48 bits per heavy atom. The van der Waals surface area contributed by atoms with Gasteiger partial charge >= 0.3 is 5.97 Å². The summed E-state index contributed by atoms with van der Waals surface area (Å²) in [5.74, 6) is -0.373. The van der Waals surface area contributed by atoms with Crippen molar-refractivity contribution in [2.24, 2.45) is 5.41 Å². The molecular formula is C18H25NO5S. The molecule has 0 aromatic heterocycles. The topological polar surface area (TPSA) is 72.9 Å².